The second-order valence-corrected chi connectivity index (χ2v) is 10.2. The molecule has 0 fully saturated rings. The van der Waals surface area contributed by atoms with Gasteiger partial charge in [0.15, 0.2) is 0 Å². The first-order valence-electron chi connectivity index (χ1n) is 10.9. The largest absolute Gasteiger partial charge is 0.478 e. The van der Waals surface area contributed by atoms with Crippen LogP contribution >= 0.6 is 0 Å². The fourth-order valence-electron chi connectivity index (χ4n) is 4.80. The average molecular weight is 492 g/mol. The number of nitro groups is 1. The summed E-state index contributed by atoms with van der Waals surface area (Å²) in [5.74, 6) is -1.05. The molecule has 178 valence electrons. The van der Waals surface area contributed by atoms with E-state index in [-0.39, 0.29) is 39.7 Å². The van der Waals surface area contributed by atoms with Gasteiger partial charge in [0.2, 0.25) is 0 Å². The number of fused-ring (bicyclic) bond motifs is 3. The Hall–Kier alpha value is -4.18. The highest BCUT2D eigenvalue weighted by Crippen LogP contribution is 2.50. The highest BCUT2D eigenvalue weighted by molar-refractivity contribution is 7.92. The van der Waals surface area contributed by atoms with Crippen molar-refractivity contribution in [3.63, 3.8) is 0 Å². The van der Waals surface area contributed by atoms with Crippen LogP contribution in [0.3, 0.4) is 0 Å². The summed E-state index contributed by atoms with van der Waals surface area (Å²) in [6.07, 6.45) is 4.87. The quantitative estimate of drug-likeness (QED) is 0.253. The summed E-state index contributed by atoms with van der Waals surface area (Å²) in [6, 6.07) is 16.8. The fraction of sp³-hybridized carbons (Fsp3) is 0.160. The lowest BCUT2D eigenvalue weighted by Gasteiger charge is -2.37. The number of anilines is 2. The van der Waals surface area contributed by atoms with Gasteiger partial charge in [0.1, 0.15) is 0 Å². The molecule has 0 bridgehead atoms. The van der Waals surface area contributed by atoms with Gasteiger partial charge in [0, 0.05) is 29.4 Å². The van der Waals surface area contributed by atoms with Gasteiger partial charge in [0.05, 0.1) is 21.4 Å². The summed E-state index contributed by atoms with van der Waals surface area (Å²) in [5.41, 5.74) is 2.78. The van der Waals surface area contributed by atoms with Gasteiger partial charge in [-0.2, -0.15) is 0 Å². The third-order valence-corrected chi connectivity index (χ3v) is 7.85. The Morgan fingerprint density at radius 1 is 1.09 bits per heavy atom. The van der Waals surface area contributed by atoms with E-state index in [0.29, 0.717) is 0 Å². The van der Waals surface area contributed by atoms with Crippen LogP contribution in [0.1, 0.15) is 39.9 Å². The lowest BCUT2D eigenvalue weighted by atomic mass is 9.77. The van der Waals surface area contributed by atoms with Crippen molar-refractivity contribution in [1.82, 2.24) is 0 Å². The Morgan fingerprint density at radius 2 is 1.86 bits per heavy atom. The number of carboxylic acids is 1. The molecule has 3 atom stereocenters. The maximum absolute atomic E-state index is 13.1. The predicted octanol–water partition coefficient (Wildman–Crippen LogP) is 4.92. The molecule has 3 N–H and O–H groups in total. The van der Waals surface area contributed by atoms with Gasteiger partial charge in [-0.25, -0.2) is 13.2 Å². The molecule has 9 nitrogen and oxygen atoms in total. The van der Waals surface area contributed by atoms with Crippen molar-refractivity contribution in [2.75, 3.05) is 10.0 Å². The summed E-state index contributed by atoms with van der Waals surface area (Å²) in [7, 11) is -3.91. The molecule has 10 heteroatoms. The lowest BCUT2D eigenvalue weighted by molar-refractivity contribution is -0.384. The van der Waals surface area contributed by atoms with Crippen molar-refractivity contribution in [2.45, 2.75) is 23.3 Å². The van der Waals surface area contributed by atoms with Crippen LogP contribution < -0.4 is 10.0 Å². The minimum atomic E-state index is -3.91. The van der Waals surface area contributed by atoms with E-state index in [4.69, 9.17) is 5.11 Å². The predicted molar refractivity (Wildman–Crippen MR) is 130 cm³/mol. The number of sulfonamides is 1. The van der Waals surface area contributed by atoms with Crippen LogP contribution in [0.5, 0.6) is 0 Å². The molecule has 0 aromatic heterocycles. The second-order valence-electron chi connectivity index (χ2n) is 8.56. The minimum Gasteiger partial charge on any atom is -0.478 e. The zero-order valence-electron chi connectivity index (χ0n) is 18.3. The smallest absolute Gasteiger partial charge is 0.335 e. The Morgan fingerprint density at radius 3 is 2.57 bits per heavy atom. The van der Waals surface area contributed by atoms with E-state index in [9.17, 15) is 23.3 Å². The highest BCUT2D eigenvalue weighted by atomic mass is 32.2. The van der Waals surface area contributed by atoms with Gasteiger partial charge in [-0.05, 0) is 65.9 Å². The van der Waals surface area contributed by atoms with Crippen molar-refractivity contribution >= 4 is 33.1 Å². The first-order valence-corrected chi connectivity index (χ1v) is 12.4. The van der Waals surface area contributed by atoms with Crippen molar-refractivity contribution in [2.24, 2.45) is 5.92 Å². The van der Waals surface area contributed by atoms with Gasteiger partial charge in [-0.1, -0.05) is 24.3 Å². The second kappa shape index (κ2) is 8.55. The number of aromatic carboxylic acids is 1. The number of rotatable bonds is 6. The van der Waals surface area contributed by atoms with Crippen LogP contribution in [0.25, 0.3) is 0 Å². The van der Waals surface area contributed by atoms with Gasteiger partial charge in [-0.15, -0.1) is 0 Å². The molecule has 0 spiro atoms. The maximum atomic E-state index is 13.1. The third kappa shape index (κ3) is 4.24. The Labute approximate surface area is 201 Å². The van der Waals surface area contributed by atoms with E-state index in [1.54, 1.807) is 24.3 Å². The molecule has 3 aromatic carbocycles. The molecular weight excluding hydrogens is 470 g/mol. The minimum absolute atomic E-state index is 0.0292. The normalized spacial score (nSPS) is 20.4. The number of allylic oxidation sites excluding steroid dienone is 2. The number of carbonyl (C=O) groups is 1. The number of nitrogens with zero attached hydrogens (tertiary/aromatic N) is 1. The molecule has 1 aliphatic carbocycles. The number of benzene rings is 3. The van der Waals surface area contributed by atoms with Gasteiger partial charge in [-0.3, -0.25) is 14.8 Å². The van der Waals surface area contributed by atoms with Crippen LogP contribution in [-0.2, 0) is 10.0 Å². The summed E-state index contributed by atoms with van der Waals surface area (Å²) < 4.78 is 28.6. The molecule has 3 aromatic rings. The average Bonchev–Trinajstić information content (AvgIpc) is 3.34. The SMILES string of the molecule is O=C(O)c1ccc(NS(=O)(=O)c2ccc3c(c2)[C@@H]2C=CC[C@@H]2[C@@H](c2cccc([N+](=O)[O-])c2)N3)cc1. The Kier molecular flexibility index (Phi) is 5.52. The zero-order chi connectivity index (χ0) is 24.7. The summed E-state index contributed by atoms with van der Waals surface area (Å²) in [4.78, 5) is 22.0. The number of nitrogens with one attached hydrogen (secondary N) is 2. The van der Waals surface area contributed by atoms with E-state index < -0.39 is 20.9 Å². The lowest BCUT2D eigenvalue weighted by Crippen LogP contribution is -2.29. The summed E-state index contributed by atoms with van der Waals surface area (Å²) in [5, 5.41) is 23.7. The topological polar surface area (TPSA) is 139 Å². The first kappa shape index (κ1) is 22.6. The van der Waals surface area contributed by atoms with Crippen LogP contribution in [-0.4, -0.2) is 24.4 Å². The number of non-ortho nitro benzene ring substituents is 1. The Balaban J connectivity index is 1.45. The van der Waals surface area contributed by atoms with Crippen LogP contribution in [0.15, 0.2) is 83.8 Å². The molecule has 0 saturated heterocycles. The molecule has 2 aliphatic rings. The number of nitro benzene ring substituents is 1. The molecule has 1 aliphatic heterocycles. The number of hydrogen-bond acceptors (Lipinski definition) is 6. The fourth-order valence-corrected chi connectivity index (χ4v) is 5.89. The van der Waals surface area contributed by atoms with Crippen LogP contribution in [0.2, 0.25) is 0 Å². The van der Waals surface area contributed by atoms with Crippen molar-refractivity contribution in [3.05, 3.63) is 106 Å². The number of hydrogen-bond donors (Lipinski definition) is 3. The van der Waals surface area contributed by atoms with Gasteiger partial charge >= 0.3 is 5.97 Å². The van der Waals surface area contributed by atoms with Crippen molar-refractivity contribution in [3.8, 4) is 0 Å². The highest BCUT2D eigenvalue weighted by Gasteiger charge is 2.38. The van der Waals surface area contributed by atoms with Crippen molar-refractivity contribution < 1.29 is 23.2 Å². The van der Waals surface area contributed by atoms with Gasteiger partial charge in [0.25, 0.3) is 15.7 Å². The van der Waals surface area contributed by atoms with Crippen LogP contribution in [0, 0.1) is 16.0 Å². The molecule has 5 rings (SSSR count). The Bertz CT molecular complexity index is 1470. The molecule has 1 heterocycles. The first-order chi connectivity index (χ1) is 16.7. The monoisotopic (exact) mass is 491 g/mol. The molecule has 0 unspecified atom stereocenters. The van der Waals surface area contributed by atoms with Crippen molar-refractivity contribution in [1.29, 1.82) is 0 Å². The molecule has 0 amide bonds. The summed E-state index contributed by atoms with van der Waals surface area (Å²) in [6.45, 7) is 0. The molecule has 35 heavy (non-hydrogen) atoms. The number of carboxylic acid groups (broad SMARTS) is 1. The summed E-state index contributed by atoms with van der Waals surface area (Å²) >= 11 is 0. The standard InChI is InChI=1S/C25H21N3O6S/c29-25(30)15-7-9-17(10-8-15)27-35(33,34)19-11-12-23-22(14-19)20-5-2-6-21(20)24(26-23)16-3-1-4-18(13-16)28(31)32/h1-5,7-14,20-21,24,26-27H,6H2,(H,29,30)/t20-,21+,24-/m1/s1. The molecular formula is C25H21N3O6S. The third-order valence-electron chi connectivity index (χ3n) is 6.47. The van der Waals surface area contributed by atoms with E-state index in [1.807, 2.05) is 6.07 Å². The molecule has 0 saturated carbocycles. The van der Waals surface area contributed by atoms with E-state index in [2.05, 4.69) is 22.2 Å². The maximum Gasteiger partial charge on any atom is 0.335 e. The molecule has 0 radical (unpaired) electrons. The van der Waals surface area contributed by atoms with E-state index >= 15 is 0 Å². The van der Waals surface area contributed by atoms with Crippen LogP contribution in [0.4, 0.5) is 17.1 Å². The van der Waals surface area contributed by atoms with E-state index in [1.165, 1.54) is 36.4 Å². The zero-order valence-corrected chi connectivity index (χ0v) is 19.1. The van der Waals surface area contributed by atoms with E-state index in [0.717, 1.165) is 23.2 Å². The van der Waals surface area contributed by atoms with Gasteiger partial charge < -0.3 is 10.4 Å².